The Morgan fingerprint density at radius 2 is 2.10 bits per heavy atom. The Hall–Kier alpha value is -3.04. The van der Waals surface area contributed by atoms with Gasteiger partial charge in [0.1, 0.15) is 22.7 Å². The number of rotatable bonds is 6. The predicted octanol–water partition coefficient (Wildman–Crippen LogP) is 2.96. The Balaban J connectivity index is 1.37. The molecule has 1 saturated heterocycles. The first kappa shape index (κ1) is 19.3. The zero-order valence-corrected chi connectivity index (χ0v) is 16.8. The highest BCUT2D eigenvalue weighted by Crippen LogP contribution is 2.24. The lowest BCUT2D eigenvalue weighted by molar-refractivity contribution is -0.141. The first-order valence-electron chi connectivity index (χ1n) is 9.29. The maximum atomic E-state index is 12.6. The van der Waals surface area contributed by atoms with E-state index < -0.39 is 0 Å². The number of aryl methyl sites for hydroxylation is 1. The summed E-state index contributed by atoms with van der Waals surface area (Å²) in [6.45, 7) is 3.33. The molecule has 4 rings (SSSR count). The van der Waals surface area contributed by atoms with Crippen molar-refractivity contribution in [3.8, 4) is 5.75 Å². The standard InChI is InChI=1S/C20H21N5O3S/c1-14-23-24-20(29-14)22-18-9-5-8-16(21-18)17-12-25(10-11-27-17)19(26)13-28-15-6-3-2-4-7-15/h2-9,17H,10-13H2,1H3,(H,21,22,24)/t17-/m1/s1. The van der Waals surface area contributed by atoms with Gasteiger partial charge in [-0.1, -0.05) is 35.6 Å². The molecule has 3 heterocycles. The number of hydrogen-bond acceptors (Lipinski definition) is 8. The first-order chi connectivity index (χ1) is 14.2. The molecule has 1 aliphatic heterocycles. The van der Waals surface area contributed by atoms with Crippen molar-refractivity contribution in [2.24, 2.45) is 0 Å². The van der Waals surface area contributed by atoms with Crippen molar-refractivity contribution < 1.29 is 14.3 Å². The number of ether oxygens (including phenoxy) is 2. The molecule has 1 N–H and O–H groups in total. The summed E-state index contributed by atoms with van der Waals surface area (Å²) in [6, 6.07) is 15.0. The summed E-state index contributed by atoms with van der Waals surface area (Å²) in [5.74, 6) is 1.27. The SMILES string of the molecule is Cc1nnc(Nc2cccc([C@H]3CN(C(=O)COc4ccccc4)CCO3)n2)s1. The predicted molar refractivity (Wildman–Crippen MR) is 109 cm³/mol. The van der Waals surface area contributed by atoms with Gasteiger partial charge in [-0.25, -0.2) is 4.98 Å². The number of nitrogens with one attached hydrogen (secondary N) is 1. The Bertz CT molecular complexity index is 966. The van der Waals surface area contributed by atoms with Gasteiger partial charge >= 0.3 is 0 Å². The van der Waals surface area contributed by atoms with Crippen LogP contribution in [-0.2, 0) is 9.53 Å². The summed E-state index contributed by atoms with van der Waals surface area (Å²) in [7, 11) is 0. The molecule has 0 saturated carbocycles. The first-order valence-corrected chi connectivity index (χ1v) is 10.1. The smallest absolute Gasteiger partial charge is 0.260 e. The van der Waals surface area contributed by atoms with E-state index in [0.717, 1.165) is 10.7 Å². The van der Waals surface area contributed by atoms with Gasteiger partial charge in [0, 0.05) is 6.54 Å². The molecule has 29 heavy (non-hydrogen) atoms. The number of carbonyl (C=O) groups excluding carboxylic acids is 1. The monoisotopic (exact) mass is 411 g/mol. The Morgan fingerprint density at radius 3 is 2.90 bits per heavy atom. The van der Waals surface area contributed by atoms with Crippen molar-refractivity contribution in [2.45, 2.75) is 13.0 Å². The van der Waals surface area contributed by atoms with Gasteiger partial charge in [0.15, 0.2) is 6.61 Å². The van der Waals surface area contributed by atoms with Crippen LogP contribution in [0.5, 0.6) is 5.75 Å². The van der Waals surface area contributed by atoms with Gasteiger partial charge in [-0.15, -0.1) is 10.2 Å². The maximum absolute atomic E-state index is 12.6. The molecule has 3 aromatic rings. The number of pyridine rings is 1. The molecule has 0 spiro atoms. The molecular formula is C20H21N5O3S. The summed E-state index contributed by atoms with van der Waals surface area (Å²) in [4.78, 5) is 18.9. The number of para-hydroxylation sites is 1. The summed E-state index contributed by atoms with van der Waals surface area (Å²) in [6.07, 6.45) is -0.290. The molecule has 150 valence electrons. The van der Waals surface area contributed by atoms with Crippen LogP contribution in [0, 0.1) is 6.92 Å². The van der Waals surface area contributed by atoms with E-state index in [4.69, 9.17) is 9.47 Å². The quantitative estimate of drug-likeness (QED) is 0.667. The fourth-order valence-corrected chi connectivity index (χ4v) is 3.56. The number of aromatic nitrogens is 3. The van der Waals surface area contributed by atoms with Crippen LogP contribution in [0.3, 0.4) is 0 Å². The van der Waals surface area contributed by atoms with Crippen LogP contribution in [0.4, 0.5) is 10.9 Å². The largest absolute Gasteiger partial charge is 0.484 e. The normalized spacial score (nSPS) is 16.4. The molecule has 0 bridgehead atoms. The summed E-state index contributed by atoms with van der Waals surface area (Å²) < 4.78 is 11.4. The molecule has 8 nitrogen and oxygen atoms in total. The second-order valence-electron chi connectivity index (χ2n) is 6.50. The van der Waals surface area contributed by atoms with E-state index in [1.54, 1.807) is 4.90 Å². The topological polar surface area (TPSA) is 89.5 Å². The minimum atomic E-state index is -0.290. The molecule has 0 radical (unpaired) electrons. The number of amides is 1. The molecule has 0 aliphatic carbocycles. The van der Waals surface area contributed by atoms with E-state index in [1.165, 1.54) is 11.3 Å². The van der Waals surface area contributed by atoms with E-state index in [9.17, 15) is 4.79 Å². The molecular weight excluding hydrogens is 390 g/mol. The minimum absolute atomic E-state index is 0.00214. The molecule has 9 heteroatoms. The van der Waals surface area contributed by atoms with Crippen LogP contribution in [0.15, 0.2) is 48.5 Å². The van der Waals surface area contributed by atoms with Gasteiger partial charge < -0.3 is 19.7 Å². The summed E-state index contributed by atoms with van der Waals surface area (Å²) >= 11 is 1.46. The fraction of sp³-hybridized carbons (Fsp3) is 0.300. The second-order valence-corrected chi connectivity index (χ2v) is 7.68. The Labute approximate surface area is 172 Å². The van der Waals surface area contributed by atoms with Crippen LogP contribution in [0.2, 0.25) is 0 Å². The molecule has 1 fully saturated rings. The van der Waals surface area contributed by atoms with Crippen LogP contribution in [0.25, 0.3) is 0 Å². The maximum Gasteiger partial charge on any atom is 0.260 e. The average Bonchev–Trinajstić information content (AvgIpc) is 3.17. The molecule has 1 aliphatic rings. The van der Waals surface area contributed by atoms with Gasteiger partial charge in [0.05, 0.1) is 18.8 Å². The van der Waals surface area contributed by atoms with Crippen LogP contribution >= 0.6 is 11.3 Å². The zero-order chi connectivity index (χ0) is 20.1. The highest BCUT2D eigenvalue weighted by molar-refractivity contribution is 7.15. The number of hydrogen-bond donors (Lipinski definition) is 1. The molecule has 0 unspecified atom stereocenters. The average molecular weight is 411 g/mol. The molecule has 1 atom stereocenters. The van der Waals surface area contributed by atoms with E-state index in [2.05, 4.69) is 20.5 Å². The highest BCUT2D eigenvalue weighted by Gasteiger charge is 2.26. The van der Waals surface area contributed by atoms with E-state index >= 15 is 0 Å². The van der Waals surface area contributed by atoms with Crippen molar-refractivity contribution in [2.75, 3.05) is 31.6 Å². The summed E-state index contributed by atoms with van der Waals surface area (Å²) in [5.41, 5.74) is 0.762. The molecule has 1 aromatic carbocycles. The van der Waals surface area contributed by atoms with Gasteiger partial charge in [0.2, 0.25) is 5.13 Å². The van der Waals surface area contributed by atoms with Gasteiger partial charge in [0.25, 0.3) is 5.91 Å². The second kappa shape index (κ2) is 8.97. The lowest BCUT2D eigenvalue weighted by Crippen LogP contribution is -2.44. The number of benzene rings is 1. The van der Waals surface area contributed by atoms with E-state index in [0.29, 0.717) is 36.4 Å². The lowest BCUT2D eigenvalue weighted by atomic mass is 10.2. The third-order valence-corrected chi connectivity index (χ3v) is 5.14. The number of morpholine rings is 1. The van der Waals surface area contributed by atoms with Gasteiger partial charge in [-0.05, 0) is 31.2 Å². The third-order valence-electron chi connectivity index (χ3n) is 4.39. The molecule has 2 aromatic heterocycles. The van der Waals surface area contributed by atoms with Gasteiger partial charge in [-0.3, -0.25) is 4.79 Å². The van der Waals surface area contributed by atoms with Crippen molar-refractivity contribution in [3.63, 3.8) is 0 Å². The van der Waals surface area contributed by atoms with Crippen LogP contribution in [0.1, 0.15) is 16.8 Å². The van der Waals surface area contributed by atoms with Crippen molar-refractivity contribution >= 4 is 28.2 Å². The third kappa shape index (κ3) is 5.07. The Morgan fingerprint density at radius 1 is 1.24 bits per heavy atom. The molecule has 1 amide bonds. The number of anilines is 2. The number of carbonyl (C=O) groups is 1. The lowest BCUT2D eigenvalue weighted by Gasteiger charge is -2.32. The van der Waals surface area contributed by atoms with Crippen molar-refractivity contribution in [1.82, 2.24) is 20.1 Å². The fourth-order valence-electron chi connectivity index (χ4n) is 2.96. The Kier molecular flexibility index (Phi) is 5.97. The highest BCUT2D eigenvalue weighted by atomic mass is 32.1. The van der Waals surface area contributed by atoms with Crippen molar-refractivity contribution in [3.05, 3.63) is 59.2 Å². The van der Waals surface area contributed by atoms with E-state index in [1.807, 2.05) is 55.5 Å². The summed E-state index contributed by atoms with van der Waals surface area (Å²) in [5, 5.41) is 12.8. The van der Waals surface area contributed by atoms with Crippen LogP contribution < -0.4 is 10.1 Å². The van der Waals surface area contributed by atoms with Gasteiger partial charge in [-0.2, -0.15) is 0 Å². The van der Waals surface area contributed by atoms with Crippen LogP contribution in [-0.4, -0.2) is 52.3 Å². The van der Waals surface area contributed by atoms with Crippen molar-refractivity contribution in [1.29, 1.82) is 0 Å². The van der Waals surface area contributed by atoms with E-state index in [-0.39, 0.29) is 18.6 Å². The zero-order valence-electron chi connectivity index (χ0n) is 15.9. The minimum Gasteiger partial charge on any atom is -0.484 e. The number of nitrogens with zero attached hydrogens (tertiary/aromatic N) is 4.